The summed E-state index contributed by atoms with van der Waals surface area (Å²) in [4.78, 5) is 39.9. The number of aryl methyl sites for hydroxylation is 1. The Hall–Kier alpha value is -4.83. The number of amides is 1. The zero-order valence-electron chi connectivity index (χ0n) is 24.6. The van der Waals surface area contributed by atoms with Crippen LogP contribution in [-0.2, 0) is 9.47 Å². The summed E-state index contributed by atoms with van der Waals surface area (Å²) in [5.41, 5.74) is 5.90. The second-order valence-corrected chi connectivity index (χ2v) is 10.8. The first-order chi connectivity index (χ1) is 20.8. The molecule has 10 nitrogen and oxygen atoms in total. The molecule has 2 aromatic carbocycles. The Balaban J connectivity index is 1.15. The van der Waals surface area contributed by atoms with Crippen molar-refractivity contribution in [3.8, 4) is 11.3 Å². The van der Waals surface area contributed by atoms with Crippen molar-refractivity contribution in [2.75, 3.05) is 30.5 Å². The van der Waals surface area contributed by atoms with E-state index in [9.17, 15) is 9.59 Å². The number of carbonyl (C=O) groups excluding carboxylic acids is 2. The molecule has 1 fully saturated rings. The molecular formula is C33H36N6O4. The third-order valence-corrected chi connectivity index (χ3v) is 7.28. The van der Waals surface area contributed by atoms with E-state index in [4.69, 9.17) is 9.47 Å². The number of aromatic nitrogens is 3. The molecule has 43 heavy (non-hydrogen) atoms. The number of ether oxygens (including phenoxy) is 2. The van der Waals surface area contributed by atoms with Crippen molar-refractivity contribution in [3.63, 3.8) is 0 Å². The average Bonchev–Trinajstić information content (AvgIpc) is 3.02. The normalized spacial score (nSPS) is 13.9. The van der Waals surface area contributed by atoms with Crippen molar-refractivity contribution in [3.05, 3.63) is 95.9 Å². The van der Waals surface area contributed by atoms with Crippen LogP contribution in [0.25, 0.3) is 11.3 Å². The molecule has 2 N–H and O–H groups in total. The first-order valence-corrected chi connectivity index (χ1v) is 14.4. The molecule has 10 heteroatoms. The molecule has 0 atom stereocenters. The Labute approximate surface area is 251 Å². The SMILES string of the molecule is Cc1ccc(NC(=O)c2ccc(C3CCN(COC(=O)OC(C)C)CC3)cc2)cc1Nc1nccc(-c2cccnc2)n1. The summed E-state index contributed by atoms with van der Waals surface area (Å²) < 4.78 is 10.2. The van der Waals surface area contributed by atoms with Crippen molar-refractivity contribution < 1.29 is 19.1 Å². The van der Waals surface area contributed by atoms with E-state index in [-0.39, 0.29) is 18.7 Å². The fourth-order valence-corrected chi connectivity index (χ4v) is 4.92. The van der Waals surface area contributed by atoms with Gasteiger partial charge in [0, 0.05) is 54.2 Å². The quantitative estimate of drug-likeness (QED) is 0.213. The van der Waals surface area contributed by atoms with Crippen LogP contribution in [0.3, 0.4) is 0 Å². The van der Waals surface area contributed by atoms with E-state index in [1.165, 1.54) is 5.56 Å². The van der Waals surface area contributed by atoms with E-state index in [2.05, 4.69) is 30.5 Å². The molecule has 1 amide bonds. The van der Waals surface area contributed by atoms with Gasteiger partial charge in [-0.25, -0.2) is 14.8 Å². The molecule has 222 valence electrons. The molecule has 4 aromatic rings. The van der Waals surface area contributed by atoms with Gasteiger partial charge in [0.15, 0.2) is 0 Å². The van der Waals surface area contributed by atoms with Crippen molar-refractivity contribution in [2.24, 2.45) is 0 Å². The minimum absolute atomic E-state index is 0.184. The predicted octanol–water partition coefficient (Wildman–Crippen LogP) is 6.54. The maximum absolute atomic E-state index is 13.1. The Kier molecular flexibility index (Phi) is 9.58. The van der Waals surface area contributed by atoms with E-state index < -0.39 is 6.16 Å². The Morgan fingerprint density at radius 3 is 2.53 bits per heavy atom. The number of piperidine rings is 1. The minimum Gasteiger partial charge on any atom is -0.432 e. The van der Waals surface area contributed by atoms with Crippen LogP contribution >= 0.6 is 0 Å². The summed E-state index contributed by atoms with van der Waals surface area (Å²) in [6.45, 7) is 7.45. The van der Waals surface area contributed by atoms with Gasteiger partial charge >= 0.3 is 6.16 Å². The van der Waals surface area contributed by atoms with Gasteiger partial charge in [0.25, 0.3) is 5.91 Å². The van der Waals surface area contributed by atoms with Gasteiger partial charge in [-0.3, -0.25) is 14.7 Å². The predicted molar refractivity (Wildman–Crippen MR) is 165 cm³/mol. The summed E-state index contributed by atoms with van der Waals surface area (Å²) in [7, 11) is 0. The average molecular weight is 581 g/mol. The van der Waals surface area contributed by atoms with Gasteiger partial charge < -0.3 is 20.1 Å². The van der Waals surface area contributed by atoms with E-state index in [1.54, 1.807) is 32.4 Å². The van der Waals surface area contributed by atoms with E-state index in [0.29, 0.717) is 23.1 Å². The molecule has 0 radical (unpaired) electrons. The second kappa shape index (κ2) is 13.9. The van der Waals surface area contributed by atoms with Gasteiger partial charge in [-0.2, -0.15) is 0 Å². The van der Waals surface area contributed by atoms with Crippen LogP contribution in [0.2, 0.25) is 0 Å². The lowest BCUT2D eigenvalue weighted by molar-refractivity contribution is -0.00646. The number of hydrogen-bond donors (Lipinski definition) is 2. The Morgan fingerprint density at radius 1 is 1.02 bits per heavy atom. The highest BCUT2D eigenvalue weighted by atomic mass is 16.7. The lowest BCUT2D eigenvalue weighted by Gasteiger charge is -2.31. The summed E-state index contributed by atoms with van der Waals surface area (Å²) >= 11 is 0. The summed E-state index contributed by atoms with van der Waals surface area (Å²) in [6, 6.07) is 19.1. The number of hydrogen-bond acceptors (Lipinski definition) is 9. The van der Waals surface area contributed by atoms with E-state index >= 15 is 0 Å². The fourth-order valence-electron chi connectivity index (χ4n) is 4.92. The molecule has 5 rings (SSSR count). The van der Waals surface area contributed by atoms with Gasteiger partial charge in [-0.15, -0.1) is 0 Å². The summed E-state index contributed by atoms with van der Waals surface area (Å²) in [5, 5.41) is 6.28. The molecule has 0 unspecified atom stereocenters. The van der Waals surface area contributed by atoms with E-state index in [0.717, 1.165) is 48.4 Å². The molecule has 1 saturated heterocycles. The van der Waals surface area contributed by atoms with Gasteiger partial charge in [0.2, 0.25) is 5.95 Å². The highest BCUT2D eigenvalue weighted by molar-refractivity contribution is 6.04. The molecular weight excluding hydrogens is 544 g/mol. The standard InChI is InChI=1S/C33H36N6O4/c1-22(2)43-33(41)42-21-39-17-13-25(14-18-39)24-7-9-26(10-8-24)31(40)36-28-11-6-23(3)30(19-28)38-32-35-16-12-29(37-32)27-5-4-15-34-20-27/h4-12,15-16,19-20,22,25H,13-14,17-18,21H2,1-3H3,(H,36,40)(H,35,37,38). The molecule has 0 aliphatic carbocycles. The van der Waals surface area contributed by atoms with E-state index in [1.807, 2.05) is 67.6 Å². The largest absolute Gasteiger partial charge is 0.509 e. The van der Waals surface area contributed by atoms with Crippen molar-refractivity contribution in [2.45, 2.75) is 45.6 Å². The maximum Gasteiger partial charge on any atom is 0.509 e. The van der Waals surface area contributed by atoms with Crippen LogP contribution in [0.1, 0.15) is 54.1 Å². The topological polar surface area (TPSA) is 119 Å². The highest BCUT2D eigenvalue weighted by Gasteiger charge is 2.22. The monoisotopic (exact) mass is 580 g/mol. The Bertz CT molecular complexity index is 1540. The highest BCUT2D eigenvalue weighted by Crippen LogP contribution is 2.29. The number of benzene rings is 2. The number of likely N-dealkylation sites (tertiary alicyclic amines) is 1. The Morgan fingerprint density at radius 2 is 1.81 bits per heavy atom. The second-order valence-electron chi connectivity index (χ2n) is 10.8. The van der Waals surface area contributed by atoms with Gasteiger partial charge in [0.1, 0.15) is 6.73 Å². The number of anilines is 3. The molecule has 0 spiro atoms. The van der Waals surface area contributed by atoms with Crippen LogP contribution in [0.5, 0.6) is 0 Å². The molecule has 1 aliphatic rings. The molecule has 2 aromatic heterocycles. The first kappa shape index (κ1) is 29.7. The van der Waals surface area contributed by atoms with Crippen LogP contribution in [0.15, 0.2) is 79.3 Å². The third kappa shape index (κ3) is 8.14. The maximum atomic E-state index is 13.1. The zero-order chi connectivity index (χ0) is 30.2. The molecule has 0 saturated carbocycles. The van der Waals surface area contributed by atoms with Crippen LogP contribution in [0.4, 0.5) is 22.1 Å². The van der Waals surface area contributed by atoms with Crippen LogP contribution in [-0.4, -0.2) is 57.8 Å². The molecule has 3 heterocycles. The van der Waals surface area contributed by atoms with Crippen LogP contribution in [0, 0.1) is 6.92 Å². The van der Waals surface area contributed by atoms with Crippen molar-refractivity contribution >= 4 is 29.4 Å². The van der Waals surface area contributed by atoms with Gasteiger partial charge in [-0.05, 0) is 93.1 Å². The fraction of sp³-hybridized carbons (Fsp3) is 0.303. The number of nitrogens with zero attached hydrogens (tertiary/aromatic N) is 4. The smallest absolute Gasteiger partial charge is 0.432 e. The molecule has 1 aliphatic heterocycles. The third-order valence-electron chi connectivity index (χ3n) is 7.28. The number of rotatable bonds is 9. The van der Waals surface area contributed by atoms with Crippen LogP contribution < -0.4 is 10.6 Å². The van der Waals surface area contributed by atoms with Gasteiger partial charge in [-0.1, -0.05) is 18.2 Å². The number of carbonyl (C=O) groups is 2. The minimum atomic E-state index is -0.635. The first-order valence-electron chi connectivity index (χ1n) is 14.4. The zero-order valence-corrected chi connectivity index (χ0v) is 24.6. The lowest BCUT2D eigenvalue weighted by Crippen LogP contribution is -2.35. The molecule has 0 bridgehead atoms. The van der Waals surface area contributed by atoms with Crippen molar-refractivity contribution in [1.29, 1.82) is 0 Å². The van der Waals surface area contributed by atoms with Gasteiger partial charge in [0.05, 0.1) is 11.8 Å². The summed E-state index contributed by atoms with van der Waals surface area (Å²) in [5.74, 6) is 0.660. The number of pyridine rings is 1. The number of nitrogens with one attached hydrogen (secondary N) is 2. The summed E-state index contributed by atoms with van der Waals surface area (Å²) in [6.07, 6.45) is 6.24. The lowest BCUT2D eigenvalue weighted by atomic mass is 9.89. The van der Waals surface area contributed by atoms with Crippen molar-refractivity contribution in [1.82, 2.24) is 19.9 Å².